The van der Waals surface area contributed by atoms with E-state index in [1.165, 1.54) is 0 Å². The van der Waals surface area contributed by atoms with Crippen LogP contribution in [0.3, 0.4) is 0 Å². The highest BCUT2D eigenvalue weighted by atomic mass is 16.4. The number of oxazole rings is 1. The standard InChI is InChI=1S/C13H15N3O2/c1-10-14-8-12(18-10)9-16-13(17)15-7-11-5-3-2-4-6-11/h2-6,8H,7,9H2,1H3,(H2,15,16,17). The molecule has 0 radical (unpaired) electrons. The fourth-order valence-electron chi connectivity index (χ4n) is 1.50. The number of carbonyl (C=O) groups is 1. The molecule has 0 fully saturated rings. The van der Waals surface area contributed by atoms with Crippen molar-refractivity contribution in [3.05, 3.63) is 53.7 Å². The minimum absolute atomic E-state index is 0.229. The van der Waals surface area contributed by atoms with Crippen LogP contribution in [0.1, 0.15) is 17.2 Å². The number of hydrogen-bond donors (Lipinski definition) is 2. The maximum Gasteiger partial charge on any atom is 0.315 e. The molecular formula is C13H15N3O2. The zero-order valence-electron chi connectivity index (χ0n) is 10.1. The Hall–Kier alpha value is -2.30. The maximum atomic E-state index is 11.5. The Kier molecular flexibility index (Phi) is 3.96. The molecule has 2 rings (SSSR count). The topological polar surface area (TPSA) is 67.2 Å². The monoisotopic (exact) mass is 245 g/mol. The van der Waals surface area contributed by atoms with Crippen LogP contribution >= 0.6 is 0 Å². The van der Waals surface area contributed by atoms with Gasteiger partial charge in [-0.1, -0.05) is 30.3 Å². The van der Waals surface area contributed by atoms with Gasteiger partial charge < -0.3 is 15.1 Å². The fraction of sp³-hybridized carbons (Fsp3) is 0.231. The molecule has 0 saturated carbocycles. The Morgan fingerprint density at radius 2 is 1.94 bits per heavy atom. The van der Waals surface area contributed by atoms with Gasteiger partial charge in [0.25, 0.3) is 0 Å². The Balaban J connectivity index is 1.73. The predicted molar refractivity (Wildman–Crippen MR) is 66.8 cm³/mol. The molecule has 1 heterocycles. The van der Waals surface area contributed by atoms with E-state index in [0.29, 0.717) is 24.7 Å². The zero-order chi connectivity index (χ0) is 12.8. The molecule has 5 heteroatoms. The molecule has 0 aliphatic rings. The van der Waals surface area contributed by atoms with Gasteiger partial charge in [-0.15, -0.1) is 0 Å². The first kappa shape index (κ1) is 12.2. The van der Waals surface area contributed by atoms with Crippen molar-refractivity contribution in [1.29, 1.82) is 0 Å². The number of urea groups is 1. The fourth-order valence-corrected chi connectivity index (χ4v) is 1.50. The molecule has 2 aromatic rings. The second-order valence-electron chi connectivity index (χ2n) is 3.87. The SMILES string of the molecule is Cc1ncc(CNC(=O)NCc2ccccc2)o1. The quantitative estimate of drug-likeness (QED) is 0.865. The summed E-state index contributed by atoms with van der Waals surface area (Å²) in [7, 11) is 0. The molecule has 0 aliphatic carbocycles. The van der Waals surface area contributed by atoms with Crippen molar-refractivity contribution in [3.8, 4) is 0 Å². The van der Waals surface area contributed by atoms with E-state index < -0.39 is 0 Å². The summed E-state index contributed by atoms with van der Waals surface area (Å²) in [6, 6.07) is 9.50. The molecule has 1 aromatic heterocycles. The predicted octanol–water partition coefficient (Wildman–Crippen LogP) is 1.98. The summed E-state index contributed by atoms with van der Waals surface area (Å²) in [6.07, 6.45) is 1.60. The Labute approximate surface area is 105 Å². The number of nitrogens with one attached hydrogen (secondary N) is 2. The Morgan fingerprint density at radius 1 is 1.22 bits per heavy atom. The van der Waals surface area contributed by atoms with E-state index in [1.54, 1.807) is 13.1 Å². The lowest BCUT2D eigenvalue weighted by atomic mass is 10.2. The van der Waals surface area contributed by atoms with Gasteiger partial charge in [0, 0.05) is 13.5 Å². The van der Waals surface area contributed by atoms with Gasteiger partial charge in [-0.3, -0.25) is 0 Å². The summed E-state index contributed by atoms with van der Waals surface area (Å²) < 4.78 is 5.24. The lowest BCUT2D eigenvalue weighted by molar-refractivity contribution is 0.239. The molecule has 1 aromatic carbocycles. The van der Waals surface area contributed by atoms with E-state index in [0.717, 1.165) is 5.56 Å². The summed E-state index contributed by atoms with van der Waals surface area (Å²) >= 11 is 0. The summed E-state index contributed by atoms with van der Waals surface area (Å²) in [5, 5.41) is 5.46. The molecule has 0 unspecified atom stereocenters. The van der Waals surface area contributed by atoms with E-state index in [4.69, 9.17) is 4.42 Å². The number of hydrogen-bond acceptors (Lipinski definition) is 3. The van der Waals surface area contributed by atoms with Crippen molar-refractivity contribution in [2.24, 2.45) is 0 Å². The van der Waals surface area contributed by atoms with Crippen LogP contribution in [0.2, 0.25) is 0 Å². The van der Waals surface area contributed by atoms with Gasteiger partial charge in [0.15, 0.2) is 5.89 Å². The van der Waals surface area contributed by atoms with Crippen molar-refractivity contribution in [3.63, 3.8) is 0 Å². The largest absolute Gasteiger partial charge is 0.444 e. The average Bonchev–Trinajstić information content (AvgIpc) is 2.81. The van der Waals surface area contributed by atoms with Crippen LogP contribution in [-0.4, -0.2) is 11.0 Å². The highest BCUT2D eigenvalue weighted by molar-refractivity contribution is 5.73. The number of benzene rings is 1. The molecule has 2 amide bonds. The molecule has 0 aliphatic heterocycles. The van der Waals surface area contributed by atoms with Crippen LogP contribution in [0.25, 0.3) is 0 Å². The third-order valence-corrected chi connectivity index (χ3v) is 2.39. The second kappa shape index (κ2) is 5.86. The molecule has 0 bridgehead atoms. The van der Waals surface area contributed by atoms with Crippen molar-refractivity contribution in [2.45, 2.75) is 20.0 Å². The smallest absolute Gasteiger partial charge is 0.315 e. The van der Waals surface area contributed by atoms with Gasteiger partial charge in [-0.05, 0) is 5.56 Å². The third-order valence-electron chi connectivity index (χ3n) is 2.39. The van der Waals surface area contributed by atoms with Gasteiger partial charge >= 0.3 is 6.03 Å². The lowest BCUT2D eigenvalue weighted by Crippen LogP contribution is -2.34. The Morgan fingerprint density at radius 3 is 2.61 bits per heavy atom. The number of aromatic nitrogens is 1. The van der Waals surface area contributed by atoms with Gasteiger partial charge in [-0.25, -0.2) is 9.78 Å². The van der Waals surface area contributed by atoms with Crippen molar-refractivity contribution in [2.75, 3.05) is 0 Å². The summed E-state index contributed by atoms with van der Waals surface area (Å²) in [5.41, 5.74) is 1.06. The lowest BCUT2D eigenvalue weighted by Gasteiger charge is -2.06. The minimum atomic E-state index is -0.229. The van der Waals surface area contributed by atoms with Crippen LogP contribution in [0.15, 0.2) is 40.9 Å². The molecule has 5 nitrogen and oxygen atoms in total. The highest BCUT2D eigenvalue weighted by Crippen LogP contribution is 2.01. The van der Waals surface area contributed by atoms with E-state index >= 15 is 0 Å². The first-order valence-corrected chi connectivity index (χ1v) is 5.71. The maximum absolute atomic E-state index is 11.5. The number of aryl methyl sites for hydroxylation is 1. The first-order valence-electron chi connectivity index (χ1n) is 5.71. The van der Waals surface area contributed by atoms with Crippen LogP contribution < -0.4 is 10.6 Å². The van der Waals surface area contributed by atoms with E-state index in [1.807, 2.05) is 30.3 Å². The average molecular weight is 245 g/mol. The number of nitrogens with zero attached hydrogens (tertiary/aromatic N) is 1. The first-order chi connectivity index (χ1) is 8.74. The van der Waals surface area contributed by atoms with Crippen LogP contribution in [-0.2, 0) is 13.1 Å². The van der Waals surface area contributed by atoms with E-state index in [-0.39, 0.29) is 6.03 Å². The molecule has 0 spiro atoms. The van der Waals surface area contributed by atoms with Gasteiger partial charge in [0.2, 0.25) is 0 Å². The summed E-state index contributed by atoms with van der Waals surface area (Å²) in [6.45, 7) is 2.60. The molecule has 0 saturated heterocycles. The third kappa shape index (κ3) is 3.62. The zero-order valence-corrected chi connectivity index (χ0v) is 10.1. The highest BCUT2D eigenvalue weighted by Gasteiger charge is 2.03. The number of carbonyl (C=O) groups excluding carboxylic acids is 1. The summed E-state index contributed by atoms with van der Waals surface area (Å²) in [4.78, 5) is 15.5. The molecule has 94 valence electrons. The molecular weight excluding hydrogens is 230 g/mol. The second-order valence-corrected chi connectivity index (χ2v) is 3.87. The molecule has 18 heavy (non-hydrogen) atoms. The normalized spacial score (nSPS) is 10.1. The van der Waals surface area contributed by atoms with Gasteiger partial charge in [0.05, 0.1) is 12.7 Å². The molecule has 0 atom stereocenters. The molecule has 2 N–H and O–H groups in total. The van der Waals surface area contributed by atoms with Crippen molar-refractivity contribution in [1.82, 2.24) is 15.6 Å². The van der Waals surface area contributed by atoms with Crippen molar-refractivity contribution < 1.29 is 9.21 Å². The minimum Gasteiger partial charge on any atom is -0.444 e. The van der Waals surface area contributed by atoms with Crippen LogP contribution in [0.4, 0.5) is 4.79 Å². The van der Waals surface area contributed by atoms with Crippen LogP contribution in [0, 0.1) is 6.92 Å². The Bertz CT molecular complexity index is 508. The number of rotatable bonds is 4. The van der Waals surface area contributed by atoms with Gasteiger partial charge in [0.1, 0.15) is 5.76 Å². The van der Waals surface area contributed by atoms with Crippen LogP contribution in [0.5, 0.6) is 0 Å². The van der Waals surface area contributed by atoms with E-state index in [2.05, 4.69) is 15.6 Å². The van der Waals surface area contributed by atoms with E-state index in [9.17, 15) is 4.79 Å². The van der Waals surface area contributed by atoms with Crippen molar-refractivity contribution >= 4 is 6.03 Å². The summed E-state index contributed by atoms with van der Waals surface area (Å²) in [5.74, 6) is 1.24. The van der Waals surface area contributed by atoms with Gasteiger partial charge in [-0.2, -0.15) is 0 Å². The number of amides is 2.